The molecule has 31 heavy (non-hydrogen) atoms. The minimum atomic E-state index is 0.321. The van der Waals surface area contributed by atoms with E-state index in [0.717, 1.165) is 50.9 Å². The summed E-state index contributed by atoms with van der Waals surface area (Å²) < 4.78 is 16.6. The summed E-state index contributed by atoms with van der Waals surface area (Å²) in [4.78, 5) is 6.96. The lowest BCUT2D eigenvalue weighted by Gasteiger charge is -2.22. The van der Waals surface area contributed by atoms with Crippen LogP contribution in [0.15, 0.2) is 53.5 Å². The third kappa shape index (κ3) is 7.56. The van der Waals surface area contributed by atoms with Crippen LogP contribution in [0.5, 0.6) is 5.75 Å². The Balaban J connectivity index is 1.53. The molecule has 1 heterocycles. The SMILES string of the molecule is CCNC(=NCc1ccc(COC2CCOCC2)cc1)N(C)Cc1ccc(OC)cc1. The van der Waals surface area contributed by atoms with Crippen molar-refractivity contribution in [3.8, 4) is 5.75 Å². The van der Waals surface area contributed by atoms with Gasteiger partial charge >= 0.3 is 0 Å². The van der Waals surface area contributed by atoms with Crippen molar-refractivity contribution >= 4 is 5.96 Å². The molecule has 0 amide bonds. The molecule has 1 aliphatic rings. The van der Waals surface area contributed by atoms with Gasteiger partial charge in [-0.15, -0.1) is 0 Å². The van der Waals surface area contributed by atoms with Crippen molar-refractivity contribution in [2.24, 2.45) is 4.99 Å². The van der Waals surface area contributed by atoms with Crippen LogP contribution in [0.1, 0.15) is 36.5 Å². The van der Waals surface area contributed by atoms with E-state index in [1.807, 2.05) is 12.1 Å². The first-order valence-electron chi connectivity index (χ1n) is 11.1. The lowest BCUT2D eigenvalue weighted by molar-refractivity contribution is -0.0390. The van der Waals surface area contributed by atoms with E-state index in [0.29, 0.717) is 19.3 Å². The summed E-state index contributed by atoms with van der Waals surface area (Å²) >= 11 is 0. The molecule has 3 rings (SSSR count). The quantitative estimate of drug-likeness (QED) is 0.486. The molecule has 0 saturated carbocycles. The third-order valence-electron chi connectivity index (χ3n) is 5.36. The van der Waals surface area contributed by atoms with Crippen molar-refractivity contribution < 1.29 is 14.2 Å². The Hall–Kier alpha value is -2.57. The number of aliphatic imine (C=N–C) groups is 1. The highest BCUT2D eigenvalue weighted by Gasteiger charge is 2.14. The van der Waals surface area contributed by atoms with E-state index in [1.54, 1.807) is 7.11 Å². The molecule has 0 radical (unpaired) electrons. The summed E-state index contributed by atoms with van der Waals surface area (Å²) in [6, 6.07) is 16.7. The van der Waals surface area contributed by atoms with Gasteiger partial charge in [-0.05, 0) is 48.6 Å². The number of methoxy groups -OCH3 is 1. The van der Waals surface area contributed by atoms with E-state index in [9.17, 15) is 0 Å². The average molecular weight is 426 g/mol. The first-order chi connectivity index (χ1) is 15.2. The molecule has 2 aromatic rings. The van der Waals surface area contributed by atoms with Crippen LogP contribution in [0, 0.1) is 0 Å². The highest BCUT2D eigenvalue weighted by molar-refractivity contribution is 5.79. The van der Waals surface area contributed by atoms with Gasteiger partial charge in [0.05, 0.1) is 26.4 Å². The Morgan fingerprint density at radius 3 is 2.32 bits per heavy atom. The van der Waals surface area contributed by atoms with Gasteiger partial charge in [0, 0.05) is 33.4 Å². The smallest absolute Gasteiger partial charge is 0.194 e. The Labute approximate surface area is 186 Å². The van der Waals surface area contributed by atoms with Gasteiger partial charge in [0.2, 0.25) is 0 Å². The molecule has 1 N–H and O–H groups in total. The van der Waals surface area contributed by atoms with Gasteiger partial charge in [0.25, 0.3) is 0 Å². The van der Waals surface area contributed by atoms with Gasteiger partial charge in [0.15, 0.2) is 5.96 Å². The van der Waals surface area contributed by atoms with Crippen LogP contribution in [0.4, 0.5) is 0 Å². The second kappa shape index (κ2) is 12.3. The van der Waals surface area contributed by atoms with E-state index < -0.39 is 0 Å². The van der Waals surface area contributed by atoms with Crippen molar-refractivity contribution in [1.82, 2.24) is 10.2 Å². The minimum absolute atomic E-state index is 0.321. The summed E-state index contributed by atoms with van der Waals surface area (Å²) in [7, 11) is 3.74. The number of rotatable bonds is 9. The molecule has 6 nitrogen and oxygen atoms in total. The average Bonchev–Trinajstić information content (AvgIpc) is 2.82. The monoisotopic (exact) mass is 425 g/mol. The maximum atomic E-state index is 6.01. The number of nitrogens with zero attached hydrogens (tertiary/aromatic N) is 2. The van der Waals surface area contributed by atoms with Gasteiger partial charge in [-0.3, -0.25) is 0 Å². The molecule has 0 aliphatic carbocycles. The Morgan fingerprint density at radius 1 is 1.03 bits per heavy atom. The molecular formula is C25H35N3O3. The lowest BCUT2D eigenvalue weighted by Crippen LogP contribution is -2.38. The fourth-order valence-corrected chi connectivity index (χ4v) is 3.51. The molecule has 0 unspecified atom stereocenters. The van der Waals surface area contributed by atoms with Gasteiger partial charge in [-0.1, -0.05) is 36.4 Å². The van der Waals surface area contributed by atoms with Crippen LogP contribution in [0.3, 0.4) is 0 Å². The lowest BCUT2D eigenvalue weighted by atomic mass is 10.1. The number of nitrogens with one attached hydrogen (secondary N) is 1. The van der Waals surface area contributed by atoms with Crippen molar-refractivity contribution in [3.05, 3.63) is 65.2 Å². The van der Waals surface area contributed by atoms with Crippen LogP contribution in [0.2, 0.25) is 0 Å². The van der Waals surface area contributed by atoms with E-state index in [1.165, 1.54) is 16.7 Å². The van der Waals surface area contributed by atoms with Gasteiger partial charge in [0.1, 0.15) is 5.75 Å². The predicted molar refractivity (Wildman–Crippen MR) is 124 cm³/mol. The number of hydrogen-bond acceptors (Lipinski definition) is 4. The summed E-state index contributed by atoms with van der Waals surface area (Å²) in [5.74, 6) is 1.76. The fraction of sp³-hybridized carbons (Fsp3) is 0.480. The third-order valence-corrected chi connectivity index (χ3v) is 5.36. The maximum Gasteiger partial charge on any atom is 0.194 e. The van der Waals surface area contributed by atoms with Crippen molar-refractivity contribution in [2.75, 3.05) is 33.9 Å². The van der Waals surface area contributed by atoms with E-state index >= 15 is 0 Å². The van der Waals surface area contributed by atoms with Gasteiger partial charge in [-0.25, -0.2) is 4.99 Å². The van der Waals surface area contributed by atoms with Crippen molar-refractivity contribution in [2.45, 2.75) is 45.6 Å². The molecule has 0 aromatic heterocycles. The largest absolute Gasteiger partial charge is 0.497 e. The summed E-state index contributed by atoms with van der Waals surface area (Å²) in [5, 5.41) is 3.38. The molecule has 1 saturated heterocycles. The van der Waals surface area contributed by atoms with E-state index in [-0.39, 0.29) is 0 Å². The molecule has 6 heteroatoms. The van der Waals surface area contributed by atoms with Crippen LogP contribution in [0.25, 0.3) is 0 Å². The first kappa shape index (κ1) is 23.1. The maximum absolute atomic E-state index is 6.01. The zero-order valence-electron chi connectivity index (χ0n) is 19.0. The predicted octanol–water partition coefficient (Wildman–Crippen LogP) is 3.99. The molecule has 0 atom stereocenters. The second-order valence-electron chi connectivity index (χ2n) is 7.81. The van der Waals surface area contributed by atoms with Crippen molar-refractivity contribution in [1.29, 1.82) is 0 Å². The van der Waals surface area contributed by atoms with Crippen LogP contribution < -0.4 is 10.1 Å². The molecule has 168 valence electrons. The van der Waals surface area contributed by atoms with Gasteiger partial charge < -0.3 is 24.4 Å². The highest BCUT2D eigenvalue weighted by atomic mass is 16.5. The fourth-order valence-electron chi connectivity index (χ4n) is 3.51. The summed E-state index contributed by atoms with van der Waals surface area (Å²) in [6.07, 6.45) is 2.30. The van der Waals surface area contributed by atoms with E-state index in [4.69, 9.17) is 19.2 Å². The van der Waals surface area contributed by atoms with Gasteiger partial charge in [-0.2, -0.15) is 0 Å². The van der Waals surface area contributed by atoms with Crippen LogP contribution in [-0.2, 0) is 29.2 Å². The molecule has 0 spiro atoms. The summed E-state index contributed by atoms with van der Waals surface area (Å²) in [6.45, 7) is 6.60. The molecule has 1 aliphatic heterocycles. The molecule has 2 aromatic carbocycles. The zero-order chi connectivity index (χ0) is 21.9. The highest BCUT2D eigenvalue weighted by Crippen LogP contribution is 2.15. The molecule has 0 bridgehead atoms. The molecule has 1 fully saturated rings. The number of benzene rings is 2. The van der Waals surface area contributed by atoms with Crippen molar-refractivity contribution in [3.63, 3.8) is 0 Å². The zero-order valence-corrected chi connectivity index (χ0v) is 19.0. The Kier molecular flexibility index (Phi) is 9.18. The van der Waals surface area contributed by atoms with Crippen LogP contribution >= 0.6 is 0 Å². The Morgan fingerprint density at radius 2 is 1.68 bits per heavy atom. The normalized spacial score (nSPS) is 15.0. The molecular weight excluding hydrogens is 390 g/mol. The van der Waals surface area contributed by atoms with Crippen LogP contribution in [-0.4, -0.2) is 50.9 Å². The second-order valence-corrected chi connectivity index (χ2v) is 7.81. The topological polar surface area (TPSA) is 55.3 Å². The number of hydrogen-bond donors (Lipinski definition) is 1. The first-order valence-corrected chi connectivity index (χ1v) is 11.1. The van der Waals surface area contributed by atoms with E-state index in [2.05, 4.69) is 60.6 Å². The standard InChI is InChI=1S/C25H35N3O3/c1-4-26-25(28(2)18-21-9-11-23(29-3)12-10-21)27-17-20-5-7-22(8-6-20)19-31-24-13-15-30-16-14-24/h5-12,24H,4,13-19H2,1-3H3,(H,26,27). The number of guanidine groups is 1. The Bertz CT molecular complexity index is 800. The summed E-state index contributed by atoms with van der Waals surface area (Å²) in [5.41, 5.74) is 3.59. The minimum Gasteiger partial charge on any atom is -0.497 e. The number of ether oxygens (including phenoxy) is 3.